The van der Waals surface area contributed by atoms with Crippen molar-refractivity contribution < 1.29 is 9.90 Å². The van der Waals surface area contributed by atoms with Crippen LogP contribution in [0.4, 0.5) is 0 Å². The lowest BCUT2D eigenvalue weighted by atomic mass is 9.31. The highest BCUT2D eigenvalue weighted by atomic mass is 16.4. The van der Waals surface area contributed by atoms with Crippen LogP contribution < -0.4 is 0 Å². The Hall–Kier alpha value is -0.530. The molecular formula is C11H12O2. The molecule has 0 aliphatic heterocycles. The van der Waals surface area contributed by atoms with Crippen molar-refractivity contribution in [3.05, 3.63) is 0 Å². The van der Waals surface area contributed by atoms with Gasteiger partial charge in [-0.15, -0.1) is 0 Å². The Morgan fingerprint density at radius 2 is 1.92 bits per heavy atom. The van der Waals surface area contributed by atoms with Crippen LogP contribution in [0.25, 0.3) is 0 Å². The minimum Gasteiger partial charge on any atom is -0.481 e. The van der Waals surface area contributed by atoms with Crippen LogP contribution in [-0.2, 0) is 4.79 Å². The summed E-state index contributed by atoms with van der Waals surface area (Å²) < 4.78 is 0. The maximum atomic E-state index is 11.4. The lowest BCUT2D eigenvalue weighted by Gasteiger charge is -2.71. The highest BCUT2D eigenvalue weighted by Crippen LogP contribution is 2.93. The van der Waals surface area contributed by atoms with Gasteiger partial charge in [0.15, 0.2) is 0 Å². The van der Waals surface area contributed by atoms with Crippen LogP contribution in [0.3, 0.4) is 0 Å². The second kappa shape index (κ2) is 1.27. The van der Waals surface area contributed by atoms with Crippen LogP contribution in [0.15, 0.2) is 0 Å². The lowest BCUT2D eigenvalue weighted by molar-refractivity contribution is -0.267. The van der Waals surface area contributed by atoms with E-state index in [1.54, 1.807) is 0 Å². The summed E-state index contributed by atoms with van der Waals surface area (Å²) in [4.78, 5) is 11.4. The number of carboxylic acids is 1. The summed E-state index contributed by atoms with van der Waals surface area (Å²) in [6, 6.07) is 0. The van der Waals surface area contributed by atoms with Crippen molar-refractivity contribution in [2.75, 3.05) is 0 Å². The van der Waals surface area contributed by atoms with Gasteiger partial charge < -0.3 is 5.11 Å². The third kappa shape index (κ3) is 0.291. The molecule has 0 saturated heterocycles. The van der Waals surface area contributed by atoms with Gasteiger partial charge in [0, 0.05) is 0 Å². The first-order valence-corrected chi connectivity index (χ1v) is 5.51. The molecule has 68 valence electrons. The fourth-order valence-electron chi connectivity index (χ4n) is 6.55. The van der Waals surface area contributed by atoms with Crippen LogP contribution in [0, 0.1) is 46.8 Å². The van der Waals surface area contributed by atoms with Crippen LogP contribution in [0.2, 0.25) is 0 Å². The van der Waals surface area contributed by atoms with Crippen molar-refractivity contribution in [3.63, 3.8) is 0 Å². The van der Waals surface area contributed by atoms with E-state index < -0.39 is 5.97 Å². The molecule has 0 bridgehead atoms. The van der Waals surface area contributed by atoms with E-state index in [9.17, 15) is 9.90 Å². The van der Waals surface area contributed by atoms with E-state index in [0.29, 0.717) is 17.8 Å². The Kier molecular flexibility index (Phi) is 0.591. The summed E-state index contributed by atoms with van der Waals surface area (Å²) in [5, 5.41) is 9.37. The molecular weight excluding hydrogens is 164 g/mol. The summed E-state index contributed by atoms with van der Waals surface area (Å²) in [5.74, 6) is 5.01. The molecule has 0 aromatic rings. The minimum atomic E-state index is -0.442. The zero-order valence-corrected chi connectivity index (χ0v) is 7.31. The molecule has 0 heterocycles. The Morgan fingerprint density at radius 3 is 2.69 bits per heavy atom. The van der Waals surface area contributed by atoms with Crippen molar-refractivity contribution in [2.45, 2.75) is 12.8 Å². The van der Waals surface area contributed by atoms with Gasteiger partial charge in [0.1, 0.15) is 0 Å². The van der Waals surface area contributed by atoms with Crippen molar-refractivity contribution >= 4 is 5.97 Å². The normalized spacial score (nSPS) is 78.3. The first-order valence-electron chi connectivity index (χ1n) is 5.51. The highest BCUT2D eigenvalue weighted by Gasteiger charge is 2.93. The number of carboxylic acid groups (broad SMARTS) is 1. The average Bonchev–Trinajstić information content (AvgIpc) is 2.34. The van der Waals surface area contributed by atoms with Gasteiger partial charge in [-0.1, -0.05) is 0 Å². The number of fused-ring (bicyclic) bond motifs is 2. The van der Waals surface area contributed by atoms with Gasteiger partial charge in [-0.05, 0) is 54.3 Å². The molecule has 5 rings (SSSR count). The molecule has 0 aromatic carbocycles. The quantitative estimate of drug-likeness (QED) is 0.652. The lowest BCUT2D eigenvalue weighted by Crippen LogP contribution is -2.73. The Labute approximate surface area is 76.3 Å². The van der Waals surface area contributed by atoms with E-state index in [-0.39, 0.29) is 5.41 Å². The largest absolute Gasteiger partial charge is 0.481 e. The molecule has 5 aliphatic carbocycles. The molecule has 0 radical (unpaired) electrons. The van der Waals surface area contributed by atoms with Gasteiger partial charge in [-0.25, -0.2) is 0 Å². The maximum Gasteiger partial charge on any atom is 0.310 e. The molecule has 2 nitrogen and oxygen atoms in total. The molecule has 2 heteroatoms. The zero-order chi connectivity index (χ0) is 8.53. The predicted octanol–water partition coefficient (Wildman–Crippen LogP) is 1.22. The molecule has 5 saturated carbocycles. The van der Waals surface area contributed by atoms with Crippen LogP contribution >= 0.6 is 0 Å². The number of hydrogen-bond donors (Lipinski definition) is 1. The number of hydrogen-bond acceptors (Lipinski definition) is 1. The Balaban J connectivity index is 1.79. The average molecular weight is 176 g/mol. The molecule has 5 fully saturated rings. The molecule has 8 unspecified atom stereocenters. The fourth-order valence-corrected chi connectivity index (χ4v) is 6.55. The van der Waals surface area contributed by atoms with Crippen LogP contribution in [-0.4, -0.2) is 11.1 Å². The van der Waals surface area contributed by atoms with E-state index in [1.807, 2.05) is 0 Å². The summed E-state index contributed by atoms with van der Waals surface area (Å²) in [7, 11) is 0. The van der Waals surface area contributed by atoms with Gasteiger partial charge in [-0.2, -0.15) is 0 Å². The Bertz CT molecular complexity index is 329. The molecule has 0 spiro atoms. The third-order valence-electron chi connectivity index (χ3n) is 6.47. The van der Waals surface area contributed by atoms with E-state index in [4.69, 9.17) is 0 Å². The topological polar surface area (TPSA) is 37.3 Å². The molecule has 13 heavy (non-hydrogen) atoms. The summed E-state index contributed by atoms with van der Waals surface area (Å²) in [6.45, 7) is 0. The molecule has 0 aromatic heterocycles. The second-order valence-corrected chi connectivity index (χ2v) is 5.94. The standard InChI is InChI=1S/C11H12O2/c12-10(13)11-6-2-4-3-1-5(6)9(11)7(3)8(4)11/h3-9H,1-2H2,(H,12,13). The Morgan fingerprint density at radius 1 is 1.15 bits per heavy atom. The second-order valence-electron chi connectivity index (χ2n) is 5.94. The monoisotopic (exact) mass is 176 g/mol. The van der Waals surface area contributed by atoms with Gasteiger partial charge in [0.25, 0.3) is 0 Å². The van der Waals surface area contributed by atoms with E-state index in [2.05, 4.69) is 0 Å². The minimum absolute atomic E-state index is 0.160. The fraction of sp³-hybridized carbons (Fsp3) is 0.909. The van der Waals surface area contributed by atoms with Crippen molar-refractivity contribution in [1.29, 1.82) is 0 Å². The first-order chi connectivity index (χ1) is 6.28. The molecule has 5 aliphatic rings. The number of carbonyl (C=O) groups is 1. The predicted molar refractivity (Wildman–Crippen MR) is 43.7 cm³/mol. The number of rotatable bonds is 1. The van der Waals surface area contributed by atoms with Gasteiger partial charge in [0.2, 0.25) is 0 Å². The van der Waals surface area contributed by atoms with Gasteiger partial charge in [-0.3, -0.25) is 4.79 Å². The maximum absolute atomic E-state index is 11.4. The number of aliphatic carboxylic acids is 1. The van der Waals surface area contributed by atoms with Gasteiger partial charge >= 0.3 is 5.97 Å². The molecule has 1 N–H and O–H groups in total. The van der Waals surface area contributed by atoms with Crippen LogP contribution in [0.5, 0.6) is 0 Å². The molecule has 8 atom stereocenters. The van der Waals surface area contributed by atoms with Crippen molar-refractivity contribution in [2.24, 2.45) is 46.8 Å². The van der Waals surface area contributed by atoms with E-state index in [0.717, 1.165) is 23.7 Å². The summed E-state index contributed by atoms with van der Waals surface area (Å²) in [5.41, 5.74) is -0.160. The van der Waals surface area contributed by atoms with Gasteiger partial charge in [0.05, 0.1) is 5.41 Å². The van der Waals surface area contributed by atoms with E-state index >= 15 is 0 Å². The van der Waals surface area contributed by atoms with E-state index in [1.165, 1.54) is 12.8 Å². The summed E-state index contributed by atoms with van der Waals surface area (Å²) >= 11 is 0. The third-order valence-corrected chi connectivity index (χ3v) is 6.47. The highest BCUT2D eigenvalue weighted by molar-refractivity contribution is 5.82. The van der Waals surface area contributed by atoms with Crippen molar-refractivity contribution in [3.8, 4) is 0 Å². The smallest absolute Gasteiger partial charge is 0.310 e. The SMILES string of the molecule is O=C(O)C12C3CC4C5CC3C1C5C42. The summed E-state index contributed by atoms with van der Waals surface area (Å²) in [6.07, 6.45) is 2.68. The molecule has 0 amide bonds. The zero-order valence-electron chi connectivity index (χ0n) is 7.31. The first kappa shape index (κ1) is 6.05. The van der Waals surface area contributed by atoms with Crippen molar-refractivity contribution in [1.82, 2.24) is 0 Å². The van der Waals surface area contributed by atoms with Crippen LogP contribution in [0.1, 0.15) is 12.8 Å².